The Kier molecular flexibility index (Phi) is 4.98. The van der Waals surface area contributed by atoms with Crippen LogP contribution in [0.2, 0.25) is 0 Å². The number of carbonyl (C=O) groups is 2. The van der Waals surface area contributed by atoms with Crippen molar-refractivity contribution in [2.45, 2.75) is 37.7 Å². The maximum absolute atomic E-state index is 12.7. The van der Waals surface area contributed by atoms with Crippen molar-refractivity contribution in [1.82, 2.24) is 19.8 Å². The molecule has 2 amide bonds. The number of amides is 2. The van der Waals surface area contributed by atoms with Gasteiger partial charge in [0.1, 0.15) is 5.60 Å². The summed E-state index contributed by atoms with van der Waals surface area (Å²) in [5.41, 5.74) is 2.65. The van der Waals surface area contributed by atoms with Gasteiger partial charge in [-0.3, -0.25) is 9.59 Å². The quantitative estimate of drug-likeness (QED) is 0.781. The summed E-state index contributed by atoms with van der Waals surface area (Å²) in [4.78, 5) is 37.6. The van der Waals surface area contributed by atoms with Crippen LogP contribution in [0.4, 0.5) is 0 Å². The topological polar surface area (TPSA) is 75.6 Å². The lowest BCUT2D eigenvalue weighted by molar-refractivity contribution is -0.145. The molecule has 2 fully saturated rings. The van der Waals surface area contributed by atoms with Crippen molar-refractivity contribution in [2.24, 2.45) is 0 Å². The molecular weight excluding hydrogens is 380 g/mol. The van der Waals surface area contributed by atoms with Crippen LogP contribution in [0.25, 0.3) is 11.4 Å². The molecule has 0 radical (unpaired) electrons. The third kappa shape index (κ3) is 3.47. The third-order valence-corrected chi connectivity index (χ3v) is 6.50. The molecule has 4 heterocycles. The fourth-order valence-corrected chi connectivity index (χ4v) is 4.77. The van der Waals surface area contributed by atoms with E-state index in [1.54, 1.807) is 4.90 Å². The lowest BCUT2D eigenvalue weighted by Gasteiger charge is -2.44. The zero-order valence-corrected chi connectivity index (χ0v) is 17.0. The molecule has 0 saturated carbocycles. The minimum absolute atomic E-state index is 0.0313. The van der Waals surface area contributed by atoms with Crippen LogP contribution in [0, 0.1) is 0 Å². The lowest BCUT2D eigenvalue weighted by atomic mass is 9.83. The van der Waals surface area contributed by atoms with Crippen molar-refractivity contribution in [2.75, 3.05) is 32.8 Å². The Balaban J connectivity index is 1.33. The van der Waals surface area contributed by atoms with Crippen LogP contribution >= 0.6 is 0 Å². The molecule has 1 spiro atoms. The Hall–Kier alpha value is -2.80. The Labute approximate surface area is 176 Å². The molecule has 0 N–H and O–H groups in total. The Morgan fingerprint density at radius 2 is 1.90 bits per heavy atom. The van der Waals surface area contributed by atoms with Crippen molar-refractivity contribution in [3.05, 3.63) is 47.8 Å². The number of benzene rings is 1. The summed E-state index contributed by atoms with van der Waals surface area (Å²) in [6, 6.07) is 9.98. The largest absolute Gasteiger partial charge is 0.368 e. The second kappa shape index (κ2) is 7.80. The smallest absolute Gasteiger partial charge is 0.242 e. The lowest BCUT2D eigenvalue weighted by Crippen LogP contribution is -2.51. The normalized spacial score (nSPS) is 20.5. The van der Waals surface area contributed by atoms with Crippen molar-refractivity contribution < 1.29 is 14.3 Å². The van der Waals surface area contributed by atoms with Gasteiger partial charge in [-0.1, -0.05) is 30.3 Å². The summed E-state index contributed by atoms with van der Waals surface area (Å²) in [6.07, 6.45) is 5.58. The molecule has 0 atom stereocenters. The Morgan fingerprint density at radius 3 is 2.63 bits per heavy atom. The maximum Gasteiger partial charge on any atom is 0.242 e. The molecule has 2 aromatic rings. The van der Waals surface area contributed by atoms with Gasteiger partial charge in [-0.05, 0) is 31.2 Å². The number of likely N-dealkylation sites (tertiary alicyclic amines) is 2. The fourth-order valence-electron chi connectivity index (χ4n) is 4.77. The number of aromatic nitrogens is 2. The number of nitrogens with zero attached hydrogens (tertiary/aromatic N) is 4. The van der Waals surface area contributed by atoms with Crippen LogP contribution in [0.5, 0.6) is 0 Å². The van der Waals surface area contributed by atoms with E-state index in [4.69, 9.17) is 9.72 Å². The zero-order valence-electron chi connectivity index (χ0n) is 17.0. The van der Waals surface area contributed by atoms with E-state index in [-0.39, 0.29) is 18.4 Å². The highest BCUT2D eigenvalue weighted by Gasteiger charge is 2.43. The van der Waals surface area contributed by atoms with Crippen molar-refractivity contribution in [3.63, 3.8) is 0 Å². The van der Waals surface area contributed by atoms with E-state index in [0.29, 0.717) is 51.3 Å². The first-order valence-electron chi connectivity index (χ1n) is 10.8. The SMILES string of the molecule is O=C(CN1CCCC1=O)N1CCC2(CC1)OCCc1cnc(-c3ccccc3)nc12. The van der Waals surface area contributed by atoms with E-state index in [9.17, 15) is 9.59 Å². The van der Waals surface area contributed by atoms with Crippen molar-refractivity contribution >= 4 is 11.8 Å². The number of fused-ring (bicyclic) bond motifs is 2. The summed E-state index contributed by atoms with van der Waals surface area (Å²) in [5, 5.41) is 0. The Bertz CT molecular complexity index is 954. The van der Waals surface area contributed by atoms with Gasteiger partial charge in [0.25, 0.3) is 0 Å². The molecule has 156 valence electrons. The van der Waals surface area contributed by atoms with Crippen LogP contribution < -0.4 is 0 Å². The van der Waals surface area contributed by atoms with Crippen molar-refractivity contribution in [1.29, 1.82) is 0 Å². The first kappa shape index (κ1) is 19.2. The average Bonchev–Trinajstić information content (AvgIpc) is 3.19. The van der Waals surface area contributed by atoms with E-state index in [1.165, 1.54) is 0 Å². The second-order valence-corrected chi connectivity index (χ2v) is 8.33. The molecule has 1 aromatic heterocycles. The molecule has 7 heteroatoms. The number of hydrogen-bond donors (Lipinski definition) is 0. The number of carbonyl (C=O) groups excluding carboxylic acids is 2. The minimum atomic E-state index is -0.458. The van der Waals surface area contributed by atoms with E-state index in [1.807, 2.05) is 41.4 Å². The molecule has 30 heavy (non-hydrogen) atoms. The molecule has 0 aliphatic carbocycles. The fraction of sp³-hybridized carbons (Fsp3) is 0.478. The summed E-state index contributed by atoms with van der Waals surface area (Å²) in [7, 11) is 0. The standard InChI is InChI=1S/C23H26N4O3/c28-19-7-4-11-27(19)16-20(29)26-12-9-23(10-13-26)21-18(8-14-30-23)15-24-22(25-21)17-5-2-1-3-6-17/h1-3,5-6,15H,4,7-14,16H2. The molecular formula is C23H26N4O3. The van der Waals surface area contributed by atoms with Crippen LogP contribution in [-0.2, 0) is 26.3 Å². The van der Waals surface area contributed by atoms with Crippen LogP contribution in [-0.4, -0.2) is 64.4 Å². The molecule has 0 bridgehead atoms. The first-order chi connectivity index (χ1) is 14.6. The highest BCUT2D eigenvalue weighted by Crippen LogP contribution is 2.41. The predicted molar refractivity (Wildman–Crippen MR) is 110 cm³/mol. The van der Waals surface area contributed by atoms with Gasteiger partial charge in [0.15, 0.2) is 5.82 Å². The van der Waals surface area contributed by atoms with E-state index in [0.717, 1.165) is 29.7 Å². The van der Waals surface area contributed by atoms with Crippen LogP contribution in [0.15, 0.2) is 36.5 Å². The van der Waals surface area contributed by atoms with Crippen LogP contribution in [0.3, 0.4) is 0 Å². The van der Waals surface area contributed by atoms with Gasteiger partial charge < -0.3 is 14.5 Å². The average molecular weight is 406 g/mol. The Morgan fingerprint density at radius 1 is 1.10 bits per heavy atom. The van der Waals surface area contributed by atoms with Gasteiger partial charge in [-0.2, -0.15) is 0 Å². The molecule has 0 unspecified atom stereocenters. The van der Waals surface area contributed by atoms with Gasteiger partial charge >= 0.3 is 0 Å². The maximum atomic E-state index is 12.7. The highest BCUT2D eigenvalue weighted by atomic mass is 16.5. The minimum Gasteiger partial charge on any atom is -0.368 e. The van der Waals surface area contributed by atoms with Gasteiger partial charge in [0.05, 0.1) is 18.8 Å². The van der Waals surface area contributed by atoms with E-state index >= 15 is 0 Å². The molecule has 3 aliphatic heterocycles. The summed E-state index contributed by atoms with van der Waals surface area (Å²) >= 11 is 0. The van der Waals surface area contributed by atoms with Gasteiger partial charge in [0.2, 0.25) is 11.8 Å². The molecule has 1 aromatic carbocycles. The van der Waals surface area contributed by atoms with Gasteiger partial charge in [-0.15, -0.1) is 0 Å². The number of rotatable bonds is 3. The first-order valence-corrected chi connectivity index (χ1v) is 10.8. The van der Waals surface area contributed by atoms with E-state index < -0.39 is 5.60 Å². The second-order valence-electron chi connectivity index (χ2n) is 8.33. The van der Waals surface area contributed by atoms with Crippen molar-refractivity contribution in [3.8, 4) is 11.4 Å². The molecule has 2 saturated heterocycles. The monoisotopic (exact) mass is 406 g/mol. The third-order valence-electron chi connectivity index (χ3n) is 6.50. The van der Waals surface area contributed by atoms with E-state index in [2.05, 4.69) is 4.98 Å². The molecule has 3 aliphatic rings. The molecule has 5 rings (SSSR count). The van der Waals surface area contributed by atoms with Gasteiger partial charge in [-0.25, -0.2) is 9.97 Å². The van der Waals surface area contributed by atoms with Crippen LogP contribution in [0.1, 0.15) is 36.9 Å². The number of hydrogen-bond acceptors (Lipinski definition) is 5. The number of ether oxygens (including phenoxy) is 1. The van der Waals surface area contributed by atoms with Gasteiger partial charge in [0, 0.05) is 37.8 Å². The highest BCUT2D eigenvalue weighted by molar-refractivity contribution is 5.86. The molecule has 7 nitrogen and oxygen atoms in total. The summed E-state index contributed by atoms with van der Waals surface area (Å²) < 4.78 is 6.31. The predicted octanol–water partition coefficient (Wildman–Crippen LogP) is 2.16. The summed E-state index contributed by atoms with van der Waals surface area (Å²) in [6.45, 7) is 2.77. The number of piperidine rings is 1. The zero-order chi connectivity index (χ0) is 20.6. The summed E-state index contributed by atoms with van der Waals surface area (Å²) in [5.74, 6) is 0.834.